The van der Waals surface area contributed by atoms with Gasteiger partial charge >= 0.3 is 0 Å². The molecule has 0 bridgehead atoms. The van der Waals surface area contributed by atoms with E-state index in [1.165, 1.54) is 66.1 Å². The van der Waals surface area contributed by atoms with E-state index >= 15 is 0 Å². The summed E-state index contributed by atoms with van der Waals surface area (Å²) in [5.41, 5.74) is 17.2. The molecule has 0 unspecified atom stereocenters. The third kappa shape index (κ3) is 5.49. The topological polar surface area (TPSA) is 16.4 Å². The Hall–Kier alpha value is -7.68. The maximum atomic E-state index is 7.04. The van der Waals surface area contributed by atoms with Gasteiger partial charge in [-0.05, 0) is 109 Å². The third-order valence-electron chi connectivity index (χ3n) is 13.1. The Labute approximate surface area is 355 Å². The molecule has 0 saturated carbocycles. The summed E-state index contributed by atoms with van der Waals surface area (Å²) in [5.74, 6) is 0. The number of anilines is 3. The van der Waals surface area contributed by atoms with E-state index in [-0.39, 0.29) is 5.41 Å². The zero-order valence-electron chi connectivity index (χ0n) is 34.1. The highest BCUT2D eigenvalue weighted by Crippen LogP contribution is 2.56. The Kier molecular flexibility index (Phi) is 7.92. The van der Waals surface area contributed by atoms with Gasteiger partial charge in [0.25, 0.3) is 0 Å². The first-order valence-corrected chi connectivity index (χ1v) is 21.2. The van der Waals surface area contributed by atoms with Crippen LogP contribution >= 0.6 is 0 Å². The van der Waals surface area contributed by atoms with Gasteiger partial charge in [-0.2, -0.15) is 0 Å². The van der Waals surface area contributed by atoms with Gasteiger partial charge in [0, 0.05) is 27.6 Å². The molecular weight excluding hydrogens is 739 g/mol. The van der Waals surface area contributed by atoms with E-state index in [0.717, 1.165) is 50.1 Å². The van der Waals surface area contributed by atoms with Crippen molar-refractivity contribution in [1.29, 1.82) is 0 Å². The first-order valence-electron chi connectivity index (χ1n) is 21.2. The molecular formula is C59H41NO. The van der Waals surface area contributed by atoms with Crippen LogP contribution < -0.4 is 4.90 Å². The lowest BCUT2D eigenvalue weighted by atomic mass is 9.82. The van der Waals surface area contributed by atoms with Crippen LogP contribution in [-0.2, 0) is 5.41 Å². The molecule has 11 aromatic rings. The number of furan rings is 1. The summed E-state index contributed by atoms with van der Waals surface area (Å²) in [4.78, 5) is 2.48. The summed E-state index contributed by atoms with van der Waals surface area (Å²) >= 11 is 0. The van der Waals surface area contributed by atoms with Gasteiger partial charge in [-0.1, -0.05) is 184 Å². The summed E-state index contributed by atoms with van der Waals surface area (Å²) in [6.45, 7) is 4.71. The molecule has 0 aliphatic heterocycles. The van der Waals surface area contributed by atoms with Crippen LogP contribution in [0.4, 0.5) is 17.1 Å². The lowest BCUT2D eigenvalue weighted by molar-refractivity contribution is 0.660. The Balaban J connectivity index is 1.10. The number of hydrogen-bond acceptors (Lipinski definition) is 2. The van der Waals surface area contributed by atoms with Crippen LogP contribution in [0.1, 0.15) is 25.0 Å². The Morgan fingerprint density at radius 2 is 0.984 bits per heavy atom. The van der Waals surface area contributed by atoms with Crippen LogP contribution in [0.15, 0.2) is 217 Å². The van der Waals surface area contributed by atoms with Crippen molar-refractivity contribution in [2.75, 3.05) is 4.90 Å². The van der Waals surface area contributed by atoms with Crippen LogP contribution in [0.25, 0.3) is 88.0 Å². The molecule has 1 aromatic heterocycles. The number of hydrogen-bond donors (Lipinski definition) is 0. The maximum Gasteiger partial charge on any atom is 0.145 e. The molecule has 0 radical (unpaired) electrons. The number of fused-ring (bicyclic) bond motifs is 9. The minimum Gasteiger partial charge on any atom is -0.455 e. The molecule has 0 spiro atoms. The van der Waals surface area contributed by atoms with Gasteiger partial charge in [-0.3, -0.25) is 0 Å². The van der Waals surface area contributed by atoms with Crippen LogP contribution in [0.3, 0.4) is 0 Å². The van der Waals surface area contributed by atoms with Gasteiger partial charge in [0.05, 0.1) is 16.8 Å². The quantitative estimate of drug-likeness (QED) is 0.156. The lowest BCUT2D eigenvalue weighted by Crippen LogP contribution is -2.16. The fourth-order valence-electron chi connectivity index (χ4n) is 10.1. The van der Waals surface area contributed by atoms with E-state index in [4.69, 9.17) is 4.42 Å². The first kappa shape index (κ1) is 35.3. The Morgan fingerprint density at radius 1 is 0.393 bits per heavy atom. The van der Waals surface area contributed by atoms with Gasteiger partial charge in [0.1, 0.15) is 11.2 Å². The summed E-state index contributed by atoms with van der Waals surface area (Å²) in [5, 5.41) is 7.09. The fraction of sp³-hybridized carbons (Fsp3) is 0.0508. The van der Waals surface area contributed by atoms with Crippen molar-refractivity contribution in [2.45, 2.75) is 19.3 Å². The molecule has 2 nitrogen and oxygen atoms in total. The molecule has 0 N–H and O–H groups in total. The van der Waals surface area contributed by atoms with Crippen LogP contribution in [0.2, 0.25) is 0 Å². The zero-order chi connectivity index (χ0) is 40.7. The maximum absolute atomic E-state index is 7.04. The molecule has 2 heteroatoms. The number of nitrogens with zero attached hydrogens (tertiary/aromatic N) is 1. The molecule has 0 amide bonds. The predicted molar refractivity (Wildman–Crippen MR) is 257 cm³/mol. The molecule has 1 aliphatic rings. The monoisotopic (exact) mass is 779 g/mol. The second kappa shape index (κ2) is 13.7. The number of benzene rings is 10. The van der Waals surface area contributed by atoms with Crippen molar-refractivity contribution < 1.29 is 4.42 Å². The number of para-hydroxylation sites is 1. The van der Waals surface area contributed by atoms with Crippen LogP contribution in [-0.4, -0.2) is 0 Å². The van der Waals surface area contributed by atoms with E-state index in [1.807, 2.05) is 0 Å². The Morgan fingerprint density at radius 3 is 1.75 bits per heavy atom. The van der Waals surface area contributed by atoms with Crippen LogP contribution in [0, 0.1) is 0 Å². The highest BCUT2D eigenvalue weighted by molar-refractivity contribution is 6.21. The van der Waals surface area contributed by atoms with Crippen molar-refractivity contribution in [3.8, 4) is 44.5 Å². The molecule has 0 fully saturated rings. The lowest BCUT2D eigenvalue weighted by Gasteiger charge is -2.30. The molecule has 0 atom stereocenters. The third-order valence-corrected chi connectivity index (χ3v) is 13.1. The zero-order valence-corrected chi connectivity index (χ0v) is 34.1. The summed E-state index contributed by atoms with van der Waals surface area (Å²) in [7, 11) is 0. The molecule has 288 valence electrons. The minimum absolute atomic E-state index is 0.151. The summed E-state index contributed by atoms with van der Waals surface area (Å²) in [6, 6.07) is 77.3. The van der Waals surface area contributed by atoms with Crippen molar-refractivity contribution in [3.63, 3.8) is 0 Å². The average Bonchev–Trinajstić information content (AvgIpc) is 3.83. The highest BCUT2D eigenvalue weighted by Gasteiger charge is 2.38. The van der Waals surface area contributed by atoms with Gasteiger partial charge in [-0.15, -0.1) is 0 Å². The summed E-state index contributed by atoms with van der Waals surface area (Å²) in [6.07, 6.45) is 0. The normalized spacial score (nSPS) is 12.9. The molecule has 1 aliphatic carbocycles. The minimum atomic E-state index is -0.151. The predicted octanol–water partition coefficient (Wildman–Crippen LogP) is 16.7. The van der Waals surface area contributed by atoms with E-state index in [9.17, 15) is 0 Å². The summed E-state index contributed by atoms with van der Waals surface area (Å²) < 4.78 is 7.04. The largest absolute Gasteiger partial charge is 0.455 e. The van der Waals surface area contributed by atoms with Crippen LogP contribution in [0.5, 0.6) is 0 Å². The second-order valence-corrected chi connectivity index (χ2v) is 16.8. The standard InChI is InChI=1S/C59H41NO/c1-59(2)51-23-12-10-21-48(51)56-52(59)24-14-25-53(56)60(43-33-31-41(32-34-43)40-29-27-39(28-30-40)38-15-4-3-5-16-38)54-36-35-47(58-57(54)49-22-11-13-26-55(49)61-58)50-37-42-17-6-7-18-44(42)45-19-8-9-20-46(45)50/h3-37H,1-2H3. The van der Waals surface area contributed by atoms with E-state index in [2.05, 4.69) is 231 Å². The molecule has 12 rings (SSSR count). The van der Waals surface area contributed by atoms with Crippen molar-refractivity contribution in [2.24, 2.45) is 0 Å². The highest BCUT2D eigenvalue weighted by atomic mass is 16.3. The molecule has 61 heavy (non-hydrogen) atoms. The molecule has 10 aromatic carbocycles. The van der Waals surface area contributed by atoms with E-state index < -0.39 is 0 Å². The van der Waals surface area contributed by atoms with Crippen molar-refractivity contribution in [3.05, 3.63) is 223 Å². The van der Waals surface area contributed by atoms with Crippen molar-refractivity contribution in [1.82, 2.24) is 0 Å². The first-order chi connectivity index (χ1) is 30.0. The average molecular weight is 780 g/mol. The molecule has 0 saturated heterocycles. The van der Waals surface area contributed by atoms with Gasteiger partial charge in [0.2, 0.25) is 0 Å². The number of rotatable bonds is 6. The SMILES string of the molecule is CC1(C)c2ccccc2-c2c(N(c3ccc(-c4ccc(-c5ccccc5)cc4)cc3)c3ccc(-c4cc5ccccc5c5ccccc45)c4oc5ccccc5c34)cccc21. The smallest absolute Gasteiger partial charge is 0.145 e. The van der Waals surface area contributed by atoms with E-state index in [1.54, 1.807) is 0 Å². The second-order valence-electron chi connectivity index (χ2n) is 16.8. The Bertz CT molecular complexity index is 3480. The fourth-order valence-corrected chi connectivity index (χ4v) is 10.1. The molecule has 1 heterocycles. The van der Waals surface area contributed by atoms with Gasteiger partial charge < -0.3 is 9.32 Å². The van der Waals surface area contributed by atoms with Crippen molar-refractivity contribution >= 4 is 60.5 Å². The van der Waals surface area contributed by atoms with E-state index in [0.29, 0.717) is 0 Å². The van der Waals surface area contributed by atoms with Gasteiger partial charge in [-0.25, -0.2) is 0 Å². The van der Waals surface area contributed by atoms with Gasteiger partial charge in [0.15, 0.2) is 0 Å².